The molecule has 0 unspecified atom stereocenters. The van der Waals surface area contributed by atoms with Crippen LogP contribution < -0.4 is 20.1 Å². The molecule has 1 aromatic heterocycles. The molecule has 0 fully saturated rings. The summed E-state index contributed by atoms with van der Waals surface area (Å²) in [5.74, 6) is 1.49. The number of anilines is 1. The lowest BCUT2D eigenvalue weighted by molar-refractivity contribution is 0.0950. The van der Waals surface area contributed by atoms with Crippen molar-refractivity contribution in [3.63, 3.8) is 0 Å². The van der Waals surface area contributed by atoms with Crippen molar-refractivity contribution in [1.82, 2.24) is 15.3 Å². The van der Waals surface area contributed by atoms with Crippen LogP contribution in [0.3, 0.4) is 0 Å². The molecule has 29 heavy (non-hydrogen) atoms. The van der Waals surface area contributed by atoms with E-state index in [1.165, 1.54) is 18.0 Å². The fourth-order valence-electron chi connectivity index (χ4n) is 2.70. The number of carbonyl (C=O) groups excluding carboxylic acids is 1. The first kappa shape index (κ1) is 20.1. The Labute approximate surface area is 170 Å². The van der Waals surface area contributed by atoms with Gasteiger partial charge in [0.1, 0.15) is 0 Å². The lowest BCUT2D eigenvalue weighted by Crippen LogP contribution is -2.23. The summed E-state index contributed by atoms with van der Waals surface area (Å²) in [6.45, 7) is 3.02. The van der Waals surface area contributed by atoms with Crippen LogP contribution in [0, 0.1) is 6.92 Å². The van der Waals surface area contributed by atoms with Gasteiger partial charge in [-0.25, -0.2) is 9.97 Å². The smallest absolute Gasteiger partial charge is 0.254 e. The molecule has 0 aliphatic carbocycles. The molecule has 0 saturated heterocycles. The van der Waals surface area contributed by atoms with Crippen molar-refractivity contribution < 1.29 is 14.3 Å². The number of rotatable bonds is 8. The minimum atomic E-state index is -0.245. The van der Waals surface area contributed by atoms with Crippen LogP contribution in [0.25, 0.3) is 0 Å². The highest BCUT2D eigenvalue weighted by Crippen LogP contribution is 2.27. The van der Waals surface area contributed by atoms with Gasteiger partial charge in [-0.15, -0.1) is 0 Å². The Bertz CT molecular complexity index is 957. The summed E-state index contributed by atoms with van der Waals surface area (Å²) in [5.41, 5.74) is 3.64. The average Bonchev–Trinajstić information content (AvgIpc) is 2.77. The maximum Gasteiger partial charge on any atom is 0.254 e. The standard InChI is InChI=1S/C22H24N4O3/c1-15-4-6-16(7-5-15)11-24-22-25-13-18(14-26-22)21(27)23-12-17-8-9-19(28-2)20(10-17)29-3/h4-10,13-14H,11-12H2,1-3H3,(H,23,27)(H,24,25,26). The summed E-state index contributed by atoms with van der Waals surface area (Å²) in [4.78, 5) is 20.8. The molecule has 0 atom stereocenters. The molecule has 3 rings (SSSR count). The van der Waals surface area contributed by atoms with E-state index in [1.807, 2.05) is 12.1 Å². The van der Waals surface area contributed by atoms with Gasteiger partial charge in [0.25, 0.3) is 5.91 Å². The zero-order valence-electron chi connectivity index (χ0n) is 16.7. The van der Waals surface area contributed by atoms with Crippen molar-refractivity contribution in [2.75, 3.05) is 19.5 Å². The molecule has 0 aliphatic heterocycles. The molecule has 2 aromatic carbocycles. The Morgan fingerprint density at radius 1 is 0.897 bits per heavy atom. The fraction of sp³-hybridized carbons (Fsp3) is 0.227. The molecule has 1 heterocycles. The van der Waals surface area contributed by atoms with Crippen LogP contribution in [0.5, 0.6) is 11.5 Å². The lowest BCUT2D eigenvalue weighted by atomic mass is 10.1. The number of amides is 1. The topological polar surface area (TPSA) is 85.4 Å². The molecule has 0 bridgehead atoms. The maximum atomic E-state index is 12.4. The van der Waals surface area contributed by atoms with Crippen molar-refractivity contribution in [1.29, 1.82) is 0 Å². The first-order chi connectivity index (χ1) is 14.1. The van der Waals surface area contributed by atoms with E-state index in [-0.39, 0.29) is 5.91 Å². The molecule has 0 spiro atoms. The monoisotopic (exact) mass is 392 g/mol. The van der Waals surface area contributed by atoms with E-state index in [4.69, 9.17) is 9.47 Å². The summed E-state index contributed by atoms with van der Waals surface area (Å²) >= 11 is 0. The van der Waals surface area contributed by atoms with E-state index < -0.39 is 0 Å². The molecule has 0 aliphatic rings. The Balaban J connectivity index is 1.54. The van der Waals surface area contributed by atoms with Gasteiger partial charge in [0, 0.05) is 25.5 Å². The third kappa shape index (κ3) is 5.44. The molecule has 7 nitrogen and oxygen atoms in total. The van der Waals surface area contributed by atoms with Crippen LogP contribution >= 0.6 is 0 Å². The SMILES string of the molecule is COc1ccc(CNC(=O)c2cnc(NCc3ccc(C)cc3)nc2)cc1OC. The Hall–Kier alpha value is -3.61. The number of benzene rings is 2. The quantitative estimate of drug-likeness (QED) is 0.612. The molecule has 0 saturated carbocycles. The van der Waals surface area contributed by atoms with E-state index in [2.05, 4.69) is 51.8 Å². The van der Waals surface area contributed by atoms with Crippen molar-refractivity contribution in [3.8, 4) is 11.5 Å². The normalized spacial score (nSPS) is 10.3. The van der Waals surface area contributed by atoms with E-state index in [0.29, 0.717) is 36.1 Å². The van der Waals surface area contributed by atoms with Crippen molar-refractivity contribution in [2.24, 2.45) is 0 Å². The largest absolute Gasteiger partial charge is 0.493 e. The van der Waals surface area contributed by atoms with Crippen LogP contribution in [0.4, 0.5) is 5.95 Å². The number of carbonyl (C=O) groups is 1. The second-order valence-electron chi connectivity index (χ2n) is 6.51. The summed E-state index contributed by atoms with van der Waals surface area (Å²) in [6, 6.07) is 13.7. The molecule has 2 N–H and O–H groups in total. The number of nitrogens with one attached hydrogen (secondary N) is 2. The lowest BCUT2D eigenvalue weighted by Gasteiger charge is -2.10. The molecule has 150 valence electrons. The zero-order valence-corrected chi connectivity index (χ0v) is 16.7. The first-order valence-corrected chi connectivity index (χ1v) is 9.19. The van der Waals surface area contributed by atoms with Crippen molar-refractivity contribution in [2.45, 2.75) is 20.0 Å². The van der Waals surface area contributed by atoms with Gasteiger partial charge in [0.05, 0.1) is 19.8 Å². The van der Waals surface area contributed by atoms with E-state index in [9.17, 15) is 4.79 Å². The van der Waals surface area contributed by atoms with Crippen LogP contribution in [0.1, 0.15) is 27.0 Å². The first-order valence-electron chi connectivity index (χ1n) is 9.19. The predicted molar refractivity (Wildman–Crippen MR) is 111 cm³/mol. The molecule has 3 aromatic rings. The van der Waals surface area contributed by atoms with Crippen molar-refractivity contribution in [3.05, 3.63) is 77.1 Å². The highest BCUT2D eigenvalue weighted by Gasteiger charge is 2.09. The number of hydrogen-bond donors (Lipinski definition) is 2. The second kappa shape index (κ2) is 9.54. The summed E-state index contributed by atoms with van der Waals surface area (Å²) in [5, 5.41) is 6.00. The van der Waals surface area contributed by atoms with Crippen LogP contribution in [-0.4, -0.2) is 30.1 Å². The minimum Gasteiger partial charge on any atom is -0.493 e. The third-order valence-corrected chi connectivity index (χ3v) is 4.39. The van der Waals surface area contributed by atoms with Crippen LogP contribution in [0.15, 0.2) is 54.9 Å². The number of aromatic nitrogens is 2. The Morgan fingerprint density at radius 2 is 1.55 bits per heavy atom. The van der Waals surface area contributed by atoms with Gasteiger partial charge in [-0.05, 0) is 30.2 Å². The third-order valence-electron chi connectivity index (χ3n) is 4.39. The second-order valence-corrected chi connectivity index (χ2v) is 6.51. The van der Waals surface area contributed by atoms with E-state index in [1.54, 1.807) is 20.3 Å². The van der Waals surface area contributed by atoms with Gasteiger partial charge in [0.15, 0.2) is 11.5 Å². The summed E-state index contributed by atoms with van der Waals surface area (Å²) < 4.78 is 10.5. The van der Waals surface area contributed by atoms with Gasteiger partial charge < -0.3 is 20.1 Å². The van der Waals surface area contributed by atoms with Crippen LogP contribution in [-0.2, 0) is 13.1 Å². The van der Waals surface area contributed by atoms with Gasteiger partial charge in [0.2, 0.25) is 5.95 Å². The number of aryl methyl sites for hydroxylation is 1. The molecule has 1 amide bonds. The number of methoxy groups -OCH3 is 2. The van der Waals surface area contributed by atoms with Gasteiger partial charge in [-0.2, -0.15) is 0 Å². The number of nitrogens with zero attached hydrogens (tertiary/aromatic N) is 2. The fourth-order valence-corrected chi connectivity index (χ4v) is 2.70. The maximum absolute atomic E-state index is 12.4. The van der Waals surface area contributed by atoms with Gasteiger partial charge in [-0.3, -0.25) is 4.79 Å². The van der Waals surface area contributed by atoms with Gasteiger partial charge in [-0.1, -0.05) is 35.9 Å². The van der Waals surface area contributed by atoms with E-state index >= 15 is 0 Å². The highest BCUT2D eigenvalue weighted by atomic mass is 16.5. The van der Waals surface area contributed by atoms with E-state index in [0.717, 1.165) is 11.1 Å². The van der Waals surface area contributed by atoms with Crippen LogP contribution in [0.2, 0.25) is 0 Å². The highest BCUT2D eigenvalue weighted by molar-refractivity contribution is 5.93. The average molecular weight is 392 g/mol. The Morgan fingerprint density at radius 3 is 2.21 bits per heavy atom. The minimum absolute atomic E-state index is 0.245. The van der Waals surface area contributed by atoms with Gasteiger partial charge >= 0.3 is 0 Å². The Kier molecular flexibility index (Phi) is 6.63. The van der Waals surface area contributed by atoms with Crippen molar-refractivity contribution >= 4 is 11.9 Å². The molecular weight excluding hydrogens is 368 g/mol. The molecule has 0 radical (unpaired) electrons. The molecular formula is C22H24N4O3. The number of hydrogen-bond acceptors (Lipinski definition) is 6. The molecule has 7 heteroatoms. The predicted octanol–water partition coefficient (Wildman–Crippen LogP) is 3.34. The zero-order chi connectivity index (χ0) is 20.6. The summed E-state index contributed by atoms with van der Waals surface area (Å²) in [7, 11) is 3.16. The number of ether oxygens (including phenoxy) is 2. The summed E-state index contributed by atoms with van der Waals surface area (Å²) in [6.07, 6.45) is 3.02.